The molecule has 5 nitrogen and oxygen atoms in total. The molecule has 0 bridgehead atoms. The molecule has 1 aromatic rings. The first kappa shape index (κ1) is 17.4. The van der Waals surface area contributed by atoms with E-state index in [0.29, 0.717) is 31.1 Å². The minimum absolute atomic E-state index is 0.102. The first-order chi connectivity index (χ1) is 11.6. The fourth-order valence-electron chi connectivity index (χ4n) is 3.38. The Morgan fingerprint density at radius 3 is 2.54 bits per heavy atom. The number of piperidine rings is 1. The van der Waals surface area contributed by atoms with Crippen LogP contribution >= 0.6 is 23.4 Å². The van der Waals surface area contributed by atoms with Crippen LogP contribution in [0.2, 0.25) is 0 Å². The van der Waals surface area contributed by atoms with Gasteiger partial charge in [0.2, 0.25) is 11.8 Å². The molecule has 0 radical (unpaired) electrons. The average Bonchev–Trinajstić information content (AvgIpc) is 2.92. The number of thioether (sulfide) groups is 1. The lowest BCUT2D eigenvalue weighted by atomic mass is 10.0. The van der Waals surface area contributed by atoms with Gasteiger partial charge in [-0.25, -0.2) is 0 Å². The van der Waals surface area contributed by atoms with Crippen LogP contribution in [0.25, 0.3) is 0 Å². The van der Waals surface area contributed by atoms with Crippen LogP contribution in [0.15, 0.2) is 24.3 Å². The van der Waals surface area contributed by atoms with Crippen LogP contribution < -0.4 is 9.64 Å². The first-order valence-corrected chi connectivity index (χ1v) is 9.56. The first-order valence-electron chi connectivity index (χ1n) is 8.04. The lowest BCUT2D eigenvalue weighted by molar-refractivity contribution is -0.131. The summed E-state index contributed by atoms with van der Waals surface area (Å²) in [7, 11) is 1.63. The number of anilines is 1. The van der Waals surface area contributed by atoms with E-state index >= 15 is 0 Å². The van der Waals surface area contributed by atoms with E-state index in [1.807, 2.05) is 34.1 Å². The zero-order valence-corrected chi connectivity index (χ0v) is 15.2. The summed E-state index contributed by atoms with van der Waals surface area (Å²) < 4.78 is 5.20. The molecule has 0 atom stereocenters. The van der Waals surface area contributed by atoms with Crippen LogP contribution in [0.3, 0.4) is 0 Å². The predicted molar refractivity (Wildman–Crippen MR) is 96.8 cm³/mol. The average molecular weight is 369 g/mol. The molecule has 2 aliphatic heterocycles. The normalized spacial score (nSPS) is 19.8. The lowest BCUT2D eigenvalue weighted by Gasteiger charge is -2.44. The number of amides is 2. The van der Waals surface area contributed by atoms with Gasteiger partial charge in [-0.3, -0.25) is 14.5 Å². The minimum atomic E-state index is -0.247. The highest BCUT2D eigenvalue weighted by Crippen LogP contribution is 2.47. The predicted octanol–water partition coefficient (Wildman–Crippen LogP) is 2.72. The highest BCUT2D eigenvalue weighted by atomic mass is 35.5. The Bertz CT molecular complexity index is 615. The fraction of sp³-hybridized carbons (Fsp3) is 0.529. The molecule has 7 heteroatoms. The number of methoxy groups -OCH3 is 1. The third-order valence-electron chi connectivity index (χ3n) is 4.66. The summed E-state index contributed by atoms with van der Waals surface area (Å²) >= 11 is 7.36. The highest BCUT2D eigenvalue weighted by Gasteiger charge is 2.49. The maximum atomic E-state index is 12.5. The Kier molecular flexibility index (Phi) is 5.25. The number of ether oxygens (including phenoxy) is 1. The molecule has 130 valence electrons. The lowest BCUT2D eigenvalue weighted by Crippen LogP contribution is -2.53. The van der Waals surface area contributed by atoms with Gasteiger partial charge in [0, 0.05) is 31.1 Å². The Hall–Kier alpha value is -1.40. The maximum absolute atomic E-state index is 12.5. The van der Waals surface area contributed by atoms with Crippen molar-refractivity contribution in [2.24, 2.45) is 0 Å². The van der Waals surface area contributed by atoms with E-state index in [2.05, 4.69) is 0 Å². The molecule has 2 amide bonds. The van der Waals surface area contributed by atoms with E-state index in [1.54, 1.807) is 18.9 Å². The Morgan fingerprint density at radius 2 is 1.96 bits per heavy atom. The number of nitrogens with zero attached hydrogens (tertiary/aromatic N) is 2. The quantitative estimate of drug-likeness (QED) is 0.767. The summed E-state index contributed by atoms with van der Waals surface area (Å²) in [6.07, 6.45) is 1.94. The molecule has 2 fully saturated rings. The Balaban J connectivity index is 1.77. The van der Waals surface area contributed by atoms with Crippen LogP contribution in [0.5, 0.6) is 5.75 Å². The molecule has 3 rings (SSSR count). The highest BCUT2D eigenvalue weighted by molar-refractivity contribution is 8.02. The molecule has 24 heavy (non-hydrogen) atoms. The molecule has 2 aliphatic rings. The molecular formula is C17H21ClN2O3S. The van der Waals surface area contributed by atoms with Crippen LogP contribution in [0.4, 0.5) is 5.69 Å². The zero-order valence-electron chi connectivity index (χ0n) is 13.7. The van der Waals surface area contributed by atoms with Crippen molar-refractivity contribution in [1.82, 2.24) is 4.90 Å². The molecule has 0 saturated carbocycles. The van der Waals surface area contributed by atoms with Gasteiger partial charge in [0.25, 0.3) is 0 Å². The van der Waals surface area contributed by atoms with E-state index in [4.69, 9.17) is 16.3 Å². The van der Waals surface area contributed by atoms with Crippen molar-refractivity contribution in [3.05, 3.63) is 24.3 Å². The van der Waals surface area contributed by atoms with Gasteiger partial charge in [0.1, 0.15) is 5.75 Å². The second kappa shape index (κ2) is 7.23. The van der Waals surface area contributed by atoms with E-state index in [-0.39, 0.29) is 16.7 Å². The van der Waals surface area contributed by atoms with Gasteiger partial charge in [-0.05, 0) is 37.1 Å². The standard InChI is InChI=1S/C17H21ClN2O3S/c1-23-14-4-2-13(3-5-14)20-16(22)12-24-17(20)7-10-19(11-8-17)15(21)6-9-18/h2-5H,6-12H2,1H3. The number of carbonyl (C=O) groups is 2. The molecule has 0 aromatic heterocycles. The number of halogens is 1. The van der Waals surface area contributed by atoms with Crippen molar-refractivity contribution >= 4 is 40.9 Å². The number of rotatable bonds is 4. The van der Waals surface area contributed by atoms with Crippen molar-refractivity contribution in [3.8, 4) is 5.75 Å². The minimum Gasteiger partial charge on any atom is -0.497 e. The Labute approximate surface area is 151 Å². The summed E-state index contributed by atoms with van der Waals surface area (Å²) in [6, 6.07) is 7.60. The topological polar surface area (TPSA) is 49.9 Å². The van der Waals surface area contributed by atoms with Gasteiger partial charge in [-0.1, -0.05) is 0 Å². The second-order valence-electron chi connectivity index (χ2n) is 5.98. The largest absolute Gasteiger partial charge is 0.497 e. The molecule has 1 aromatic carbocycles. The fourth-order valence-corrected chi connectivity index (χ4v) is 4.87. The van der Waals surface area contributed by atoms with E-state index in [1.165, 1.54) is 0 Å². The Morgan fingerprint density at radius 1 is 1.29 bits per heavy atom. The third-order valence-corrected chi connectivity index (χ3v) is 6.37. The van der Waals surface area contributed by atoms with Gasteiger partial charge in [-0.2, -0.15) is 0 Å². The molecule has 2 heterocycles. The van der Waals surface area contributed by atoms with Gasteiger partial charge in [0.15, 0.2) is 0 Å². The van der Waals surface area contributed by atoms with E-state index < -0.39 is 0 Å². The summed E-state index contributed by atoms with van der Waals surface area (Å²) in [5.41, 5.74) is 0.895. The molecule has 0 N–H and O–H groups in total. The summed E-state index contributed by atoms with van der Waals surface area (Å²) in [5, 5.41) is 0. The molecule has 2 saturated heterocycles. The number of benzene rings is 1. The van der Waals surface area contributed by atoms with Crippen molar-refractivity contribution in [2.45, 2.75) is 24.1 Å². The number of hydrogen-bond donors (Lipinski definition) is 0. The van der Waals surface area contributed by atoms with Crippen molar-refractivity contribution in [3.63, 3.8) is 0 Å². The molecule has 1 spiro atoms. The van der Waals surface area contributed by atoms with Gasteiger partial charge in [0.05, 0.1) is 17.7 Å². The monoisotopic (exact) mass is 368 g/mol. The summed E-state index contributed by atoms with van der Waals surface area (Å²) in [4.78, 5) is 28.1. The number of hydrogen-bond acceptors (Lipinski definition) is 4. The van der Waals surface area contributed by atoms with E-state index in [0.717, 1.165) is 24.3 Å². The van der Waals surface area contributed by atoms with Crippen molar-refractivity contribution in [2.75, 3.05) is 36.7 Å². The molecule has 0 unspecified atom stereocenters. The molecule has 0 aliphatic carbocycles. The second-order valence-corrected chi connectivity index (χ2v) is 7.70. The van der Waals surface area contributed by atoms with Crippen LogP contribution in [-0.4, -0.2) is 53.4 Å². The van der Waals surface area contributed by atoms with Gasteiger partial charge >= 0.3 is 0 Å². The van der Waals surface area contributed by atoms with Gasteiger partial charge < -0.3 is 9.64 Å². The summed E-state index contributed by atoms with van der Waals surface area (Å²) in [5.74, 6) is 1.84. The smallest absolute Gasteiger partial charge is 0.238 e. The number of likely N-dealkylation sites (tertiary alicyclic amines) is 1. The van der Waals surface area contributed by atoms with Crippen molar-refractivity contribution in [1.29, 1.82) is 0 Å². The van der Waals surface area contributed by atoms with Crippen LogP contribution in [0, 0.1) is 0 Å². The number of carbonyl (C=O) groups excluding carboxylic acids is 2. The summed E-state index contributed by atoms with van der Waals surface area (Å²) in [6.45, 7) is 1.34. The van der Waals surface area contributed by atoms with Gasteiger partial charge in [-0.15, -0.1) is 23.4 Å². The maximum Gasteiger partial charge on any atom is 0.238 e. The SMILES string of the molecule is COc1ccc(N2C(=O)CSC23CCN(C(=O)CCCl)CC3)cc1. The number of alkyl halides is 1. The van der Waals surface area contributed by atoms with Crippen molar-refractivity contribution < 1.29 is 14.3 Å². The molecular weight excluding hydrogens is 348 g/mol. The third kappa shape index (κ3) is 3.22. The van der Waals surface area contributed by atoms with E-state index in [9.17, 15) is 9.59 Å². The van der Waals surface area contributed by atoms with Crippen LogP contribution in [0.1, 0.15) is 19.3 Å². The zero-order chi connectivity index (χ0) is 17.2. The van der Waals surface area contributed by atoms with Crippen LogP contribution in [-0.2, 0) is 9.59 Å².